The van der Waals surface area contributed by atoms with Crippen LogP contribution in [0.4, 0.5) is 4.79 Å². The smallest absolute Gasteiger partial charge is 0.417 e. The molecule has 0 aromatic carbocycles. The fourth-order valence-electron chi connectivity index (χ4n) is 1.60. The minimum absolute atomic E-state index is 0.0682. The van der Waals surface area contributed by atoms with Gasteiger partial charge in [-0.3, -0.25) is 4.79 Å². The molecule has 0 radical (unpaired) electrons. The SMILES string of the molecule is C=CCCCOC(=O)N1C(=O)CC[C@H]1C(=O)O. The highest BCUT2D eigenvalue weighted by atomic mass is 16.6. The largest absolute Gasteiger partial charge is 0.480 e. The Morgan fingerprint density at radius 1 is 1.59 bits per heavy atom. The number of likely N-dealkylation sites (tertiary alicyclic amines) is 1. The molecule has 0 unspecified atom stereocenters. The van der Waals surface area contributed by atoms with E-state index in [9.17, 15) is 14.4 Å². The second kappa shape index (κ2) is 6.03. The Hall–Kier alpha value is -1.85. The first kappa shape index (κ1) is 13.2. The van der Waals surface area contributed by atoms with Crippen LogP contribution in [-0.4, -0.2) is 40.6 Å². The number of hydrogen-bond donors (Lipinski definition) is 1. The number of hydrogen-bond acceptors (Lipinski definition) is 4. The summed E-state index contributed by atoms with van der Waals surface area (Å²) in [6, 6.07) is -1.09. The summed E-state index contributed by atoms with van der Waals surface area (Å²) < 4.78 is 4.83. The molecular weight excluding hydrogens is 226 g/mol. The highest BCUT2D eigenvalue weighted by Gasteiger charge is 2.41. The molecule has 1 aliphatic heterocycles. The molecule has 6 nitrogen and oxygen atoms in total. The molecule has 0 aliphatic carbocycles. The Balaban J connectivity index is 2.51. The lowest BCUT2D eigenvalue weighted by molar-refractivity contribution is -0.145. The third kappa shape index (κ3) is 3.30. The van der Waals surface area contributed by atoms with Crippen molar-refractivity contribution in [1.82, 2.24) is 4.90 Å². The molecule has 1 aliphatic rings. The number of nitrogens with zero attached hydrogens (tertiary/aromatic N) is 1. The third-order valence-electron chi connectivity index (χ3n) is 2.47. The topological polar surface area (TPSA) is 83.9 Å². The zero-order valence-electron chi connectivity index (χ0n) is 9.42. The Kier molecular flexibility index (Phi) is 4.68. The Morgan fingerprint density at radius 2 is 2.29 bits per heavy atom. The van der Waals surface area contributed by atoms with E-state index in [0.29, 0.717) is 17.7 Å². The van der Waals surface area contributed by atoms with Crippen LogP contribution in [0.1, 0.15) is 25.7 Å². The van der Waals surface area contributed by atoms with E-state index in [1.165, 1.54) is 0 Å². The second-order valence-corrected chi connectivity index (χ2v) is 3.70. The van der Waals surface area contributed by atoms with Crippen molar-refractivity contribution in [2.24, 2.45) is 0 Å². The van der Waals surface area contributed by atoms with Crippen molar-refractivity contribution in [1.29, 1.82) is 0 Å². The lowest BCUT2D eigenvalue weighted by atomic mass is 10.2. The van der Waals surface area contributed by atoms with E-state index >= 15 is 0 Å². The molecule has 0 aromatic rings. The maximum atomic E-state index is 11.5. The van der Waals surface area contributed by atoms with Gasteiger partial charge in [0.2, 0.25) is 5.91 Å². The molecule has 0 spiro atoms. The maximum Gasteiger partial charge on any atom is 0.417 e. The molecule has 1 N–H and O–H groups in total. The summed E-state index contributed by atoms with van der Waals surface area (Å²) in [5.74, 6) is -1.68. The van der Waals surface area contributed by atoms with Gasteiger partial charge in [0.15, 0.2) is 0 Å². The lowest BCUT2D eigenvalue weighted by Gasteiger charge is -2.18. The average Bonchev–Trinajstić information content (AvgIpc) is 2.66. The number of unbranched alkanes of at least 4 members (excludes halogenated alkanes) is 1. The second-order valence-electron chi connectivity index (χ2n) is 3.70. The van der Waals surface area contributed by atoms with Crippen molar-refractivity contribution in [2.75, 3.05) is 6.61 Å². The normalized spacial score (nSPS) is 19.2. The molecule has 0 aromatic heterocycles. The maximum absolute atomic E-state index is 11.5. The average molecular weight is 241 g/mol. The molecule has 94 valence electrons. The molecule has 1 heterocycles. The van der Waals surface area contributed by atoms with Gasteiger partial charge < -0.3 is 9.84 Å². The van der Waals surface area contributed by atoms with Gasteiger partial charge in [0.25, 0.3) is 0 Å². The Morgan fingerprint density at radius 3 is 2.88 bits per heavy atom. The van der Waals surface area contributed by atoms with Crippen LogP contribution in [0.2, 0.25) is 0 Å². The first-order chi connectivity index (χ1) is 8.07. The summed E-state index contributed by atoms with van der Waals surface area (Å²) in [5, 5.41) is 8.85. The fraction of sp³-hybridized carbons (Fsp3) is 0.545. The van der Waals surface area contributed by atoms with Crippen LogP contribution in [0.3, 0.4) is 0 Å². The van der Waals surface area contributed by atoms with Gasteiger partial charge in [-0.25, -0.2) is 14.5 Å². The summed E-state index contributed by atoms with van der Waals surface area (Å²) in [4.78, 5) is 34.4. The number of imide groups is 1. The number of carboxylic acid groups (broad SMARTS) is 1. The van der Waals surface area contributed by atoms with Crippen LogP contribution >= 0.6 is 0 Å². The molecular formula is C11H15NO5. The van der Waals surface area contributed by atoms with E-state index < -0.39 is 24.0 Å². The fourth-order valence-corrected chi connectivity index (χ4v) is 1.60. The molecule has 0 saturated carbocycles. The van der Waals surface area contributed by atoms with Crippen molar-refractivity contribution >= 4 is 18.0 Å². The summed E-state index contributed by atoms with van der Waals surface area (Å²) in [6.45, 7) is 3.67. The van der Waals surface area contributed by atoms with E-state index in [1.807, 2.05) is 0 Å². The van der Waals surface area contributed by atoms with E-state index in [1.54, 1.807) is 6.08 Å². The van der Waals surface area contributed by atoms with Crippen molar-refractivity contribution in [3.63, 3.8) is 0 Å². The summed E-state index contributed by atoms with van der Waals surface area (Å²) in [5.41, 5.74) is 0. The lowest BCUT2D eigenvalue weighted by Crippen LogP contribution is -2.43. The van der Waals surface area contributed by atoms with Crippen LogP contribution in [0, 0.1) is 0 Å². The standard InChI is InChI=1S/C11H15NO5/c1-2-3-4-7-17-11(16)12-8(10(14)15)5-6-9(12)13/h2,8H,1,3-7H2,(H,14,15)/t8-/m0/s1. The zero-order valence-corrected chi connectivity index (χ0v) is 9.42. The summed E-state index contributed by atoms with van der Waals surface area (Å²) in [6.07, 6.45) is 2.34. The van der Waals surface area contributed by atoms with E-state index in [-0.39, 0.29) is 19.4 Å². The number of carbonyl (C=O) groups excluding carboxylic acids is 2. The number of aliphatic carboxylic acids is 1. The van der Waals surface area contributed by atoms with E-state index in [4.69, 9.17) is 9.84 Å². The van der Waals surface area contributed by atoms with Gasteiger partial charge in [0.1, 0.15) is 6.04 Å². The molecule has 2 amide bonds. The van der Waals surface area contributed by atoms with Crippen molar-refractivity contribution in [3.8, 4) is 0 Å². The first-order valence-electron chi connectivity index (χ1n) is 5.40. The molecule has 6 heteroatoms. The van der Waals surface area contributed by atoms with Crippen LogP contribution < -0.4 is 0 Å². The van der Waals surface area contributed by atoms with Crippen molar-refractivity contribution in [3.05, 3.63) is 12.7 Å². The number of allylic oxidation sites excluding steroid dienone is 1. The van der Waals surface area contributed by atoms with Gasteiger partial charge in [-0.1, -0.05) is 6.08 Å². The number of carboxylic acids is 1. The number of carbonyl (C=O) groups is 3. The first-order valence-corrected chi connectivity index (χ1v) is 5.40. The van der Waals surface area contributed by atoms with Gasteiger partial charge in [0, 0.05) is 6.42 Å². The number of rotatable bonds is 5. The molecule has 17 heavy (non-hydrogen) atoms. The molecule has 1 fully saturated rings. The molecule has 0 bridgehead atoms. The predicted molar refractivity (Wildman–Crippen MR) is 58.3 cm³/mol. The van der Waals surface area contributed by atoms with Gasteiger partial charge in [-0.05, 0) is 19.3 Å². The Bertz CT molecular complexity index is 339. The van der Waals surface area contributed by atoms with Gasteiger partial charge in [-0.15, -0.1) is 6.58 Å². The number of amides is 2. The molecule has 1 saturated heterocycles. The summed E-state index contributed by atoms with van der Waals surface area (Å²) in [7, 11) is 0. The number of ether oxygens (including phenoxy) is 1. The zero-order chi connectivity index (χ0) is 12.8. The van der Waals surface area contributed by atoms with Gasteiger partial charge >= 0.3 is 12.1 Å². The van der Waals surface area contributed by atoms with E-state index in [0.717, 1.165) is 0 Å². The van der Waals surface area contributed by atoms with Gasteiger partial charge in [-0.2, -0.15) is 0 Å². The van der Waals surface area contributed by atoms with E-state index in [2.05, 4.69) is 6.58 Å². The van der Waals surface area contributed by atoms with Crippen LogP contribution in [0.5, 0.6) is 0 Å². The summed E-state index contributed by atoms with van der Waals surface area (Å²) >= 11 is 0. The van der Waals surface area contributed by atoms with Gasteiger partial charge in [0.05, 0.1) is 6.61 Å². The third-order valence-corrected chi connectivity index (χ3v) is 2.47. The Labute approximate surface area is 98.8 Å². The van der Waals surface area contributed by atoms with Crippen molar-refractivity contribution in [2.45, 2.75) is 31.7 Å². The minimum Gasteiger partial charge on any atom is -0.480 e. The monoisotopic (exact) mass is 241 g/mol. The van der Waals surface area contributed by atoms with Crippen LogP contribution in [-0.2, 0) is 14.3 Å². The minimum atomic E-state index is -1.18. The van der Waals surface area contributed by atoms with Crippen LogP contribution in [0.25, 0.3) is 0 Å². The highest BCUT2D eigenvalue weighted by Crippen LogP contribution is 2.20. The van der Waals surface area contributed by atoms with Crippen LogP contribution in [0.15, 0.2) is 12.7 Å². The molecule has 1 atom stereocenters. The predicted octanol–water partition coefficient (Wildman–Crippen LogP) is 1.16. The highest BCUT2D eigenvalue weighted by molar-refractivity contribution is 5.99. The quantitative estimate of drug-likeness (QED) is 0.577. The molecule has 1 rings (SSSR count). The van der Waals surface area contributed by atoms with Crippen molar-refractivity contribution < 1.29 is 24.2 Å².